The third kappa shape index (κ3) is 2.20. The number of ether oxygens (including phenoxy) is 1. The van der Waals surface area contributed by atoms with Gasteiger partial charge >= 0.3 is 0 Å². The maximum absolute atomic E-state index is 13.5. The van der Waals surface area contributed by atoms with Crippen LogP contribution in [0.2, 0.25) is 0 Å². The van der Waals surface area contributed by atoms with Crippen molar-refractivity contribution in [2.75, 3.05) is 7.11 Å². The molecule has 0 fully saturated rings. The number of carbonyl (C=O) groups excluding carboxylic acids is 1. The van der Waals surface area contributed by atoms with Crippen molar-refractivity contribution >= 4 is 5.78 Å². The molecule has 0 N–H and O–H groups in total. The first-order valence-electron chi connectivity index (χ1n) is 5.12. The van der Waals surface area contributed by atoms with Crippen LogP contribution < -0.4 is 4.74 Å². The average Bonchev–Trinajstić information content (AvgIpc) is 2.38. The fourth-order valence-electron chi connectivity index (χ4n) is 1.54. The van der Waals surface area contributed by atoms with E-state index in [9.17, 15) is 13.6 Å². The van der Waals surface area contributed by atoms with Gasteiger partial charge in [-0.05, 0) is 24.3 Å². The number of hydrogen-bond donors (Lipinski definition) is 0. The van der Waals surface area contributed by atoms with E-state index in [0.717, 1.165) is 12.1 Å². The maximum Gasteiger partial charge on any atom is 0.224 e. The van der Waals surface area contributed by atoms with E-state index >= 15 is 0 Å². The van der Waals surface area contributed by atoms with Crippen LogP contribution in [-0.2, 0) is 0 Å². The van der Waals surface area contributed by atoms with Crippen molar-refractivity contribution in [1.82, 2.24) is 4.98 Å². The zero-order valence-corrected chi connectivity index (χ0v) is 9.48. The number of carbonyl (C=O) groups is 1. The summed E-state index contributed by atoms with van der Waals surface area (Å²) in [6.07, 6.45) is 1.45. The van der Waals surface area contributed by atoms with Crippen molar-refractivity contribution in [3.05, 3.63) is 59.3 Å². The molecule has 1 aromatic carbocycles. The van der Waals surface area contributed by atoms with E-state index in [4.69, 9.17) is 4.74 Å². The van der Waals surface area contributed by atoms with Gasteiger partial charge < -0.3 is 4.74 Å². The second kappa shape index (κ2) is 4.91. The Morgan fingerprint density at radius 1 is 1.22 bits per heavy atom. The highest BCUT2D eigenvalue weighted by atomic mass is 19.1. The number of methoxy groups -OCH3 is 1. The number of aromatic nitrogens is 1. The minimum absolute atomic E-state index is 0.103. The average molecular weight is 249 g/mol. The fourth-order valence-corrected chi connectivity index (χ4v) is 1.54. The number of nitrogens with zero attached hydrogens (tertiary/aromatic N) is 1. The second-order valence-electron chi connectivity index (χ2n) is 3.51. The Balaban J connectivity index is 2.48. The second-order valence-corrected chi connectivity index (χ2v) is 3.51. The number of halogens is 2. The Morgan fingerprint density at radius 3 is 2.67 bits per heavy atom. The van der Waals surface area contributed by atoms with Gasteiger partial charge in [-0.25, -0.2) is 13.8 Å². The monoisotopic (exact) mass is 249 g/mol. The topological polar surface area (TPSA) is 39.2 Å². The lowest BCUT2D eigenvalue weighted by molar-refractivity contribution is 0.103. The number of pyridine rings is 1. The van der Waals surface area contributed by atoms with E-state index in [0.29, 0.717) is 6.07 Å². The summed E-state index contributed by atoms with van der Waals surface area (Å²) in [5.74, 6) is -2.14. The molecule has 1 heterocycles. The highest BCUT2D eigenvalue weighted by molar-refractivity contribution is 6.10. The summed E-state index contributed by atoms with van der Waals surface area (Å²) in [6.45, 7) is 0. The van der Waals surface area contributed by atoms with Crippen LogP contribution in [0.3, 0.4) is 0 Å². The maximum atomic E-state index is 13.5. The standard InChI is InChI=1S/C13H9F2NO2/c1-18-13-10(3-2-6-16-13)12(17)9-5-4-8(14)7-11(9)15/h2-7H,1H3. The lowest BCUT2D eigenvalue weighted by Gasteiger charge is -2.06. The quantitative estimate of drug-likeness (QED) is 0.785. The van der Waals surface area contributed by atoms with Crippen molar-refractivity contribution in [1.29, 1.82) is 0 Å². The first-order chi connectivity index (χ1) is 8.63. The number of rotatable bonds is 3. The molecule has 2 aromatic rings. The largest absolute Gasteiger partial charge is 0.480 e. The normalized spacial score (nSPS) is 10.2. The zero-order chi connectivity index (χ0) is 13.1. The van der Waals surface area contributed by atoms with Gasteiger partial charge in [-0.1, -0.05) is 0 Å². The first-order valence-corrected chi connectivity index (χ1v) is 5.12. The molecule has 3 nitrogen and oxygen atoms in total. The van der Waals surface area contributed by atoms with E-state index in [1.165, 1.54) is 25.4 Å². The molecule has 0 bridgehead atoms. The van der Waals surface area contributed by atoms with Crippen molar-refractivity contribution in [2.45, 2.75) is 0 Å². The van der Waals surface area contributed by atoms with Gasteiger partial charge in [-0.3, -0.25) is 4.79 Å². The molecule has 0 saturated carbocycles. The zero-order valence-electron chi connectivity index (χ0n) is 9.48. The van der Waals surface area contributed by atoms with Crippen LogP contribution in [0.4, 0.5) is 8.78 Å². The summed E-state index contributed by atoms with van der Waals surface area (Å²) in [5, 5.41) is 0. The summed E-state index contributed by atoms with van der Waals surface area (Å²) in [7, 11) is 1.36. The van der Waals surface area contributed by atoms with Crippen molar-refractivity contribution in [3.8, 4) is 5.88 Å². The van der Waals surface area contributed by atoms with E-state index in [-0.39, 0.29) is 17.0 Å². The predicted molar refractivity (Wildman–Crippen MR) is 60.6 cm³/mol. The summed E-state index contributed by atoms with van der Waals surface area (Å²) in [5.41, 5.74) is -0.0896. The van der Waals surface area contributed by atoms with Crippen LogP contribution in [0.25, 0.3) is 0 Å². The van der Waals surface area contributed by atoms with Crippen LogP contribution in [0.1, 0.15) is 15.9 Å². The molecule has 0 atom stereocenters. The van der Waals surface area contributed by atoms with E-state index in [1.807, 2.05) is 0 Å². The third-order valence-corrected chi connectivity index (χ3v) is 2.38. The minimum Gasteiger partial charge on any atom is -0.480 e. The highest BCUT2D eigenvalue weighted by Gasteiger charge is 2.18. The van der Waals surface area contributed by atoms with Gasteiger partial charge in [0, 0.05) is 12.3 Å². The molecule has 0 amide bonds. The molecular formula is C13H9F2NO2. The van der Waals surface area contributed by atoms with Crippen LogP contribution in [0.5, 0.6) is 5.88 Å². The molecule has 0 aliphatic rings. The van der Waals surface area contributed by atoms with E-state index in [1.54, 1.807) is 0 Å². The summed E-state index contributed by atoms with van der Waals surface area (Å²) >= 11 is 0. The molecule has 0 spiro atoms. The molecule has 2 rings (SSSR count). The Morgan fingerprint density at radius 2 is 2.00 bits per heavy atom. The van der Waals surface area contributed by atoms with Crippen LogP contribution >= 0.6 is 0 Å². The minimum atomic E-state index is -0.911. The van der Waals surface area contributed by atoms with Crippen molar-refractivity contribution in [2.24, 2.45) is 0 Å². The van der Waals surface area contributed by atoms with Gasteiger partial charge in [-0.2, -0.15) is 0 Å². The van der Waals surface area contributed by atoms with E-state index in [2.05, 4.69) is 4.98 Å². The predicted octanol–water partition coefficient (Wildman–Crippen LogP) is 2.60. The van der Waals surface area contributed by atoms with Crippen LogP contribution in [0.15, 0.2) is 36.5 Å². The molecule has 0 saturated heterocycles. The van der Waals surface area contributed by atoms with E-state index < -0.39 is 17.4 Å². The molecule has 18 heavy (non-hydrogen) atoms. The fraction of sp³-hybridized carbons (Fsp3) is 0.0769. The van der Waals surface area contributed by atoms with Gasteiger partial charge in [0.1, 0.15) is 11.6 Å². The molecule has 92 valence electrons. The molecule has 5 heteroatoms. The van der Waals surface area contributed by atoms with Crippen LogP contribution in [-0.4, -0.2) is 17.9 Å². The SMILES string of the molecule is COc1ncccc1C(=O)c1ccc(F)cc1F. The number of ketones is 1. The lowest BCUT2D eigenvalue weighted by Crippen LogP contribution is -2.07. The summed E-state index contributed by atoms with van der Waals surface area (Å²) < 4.78 is 31.2. The van der Waals surface area contributed by atoms with Crippen molar-refractivity contribution in [3.63, 3.8) is 0 Å². The van der Waals surface area contributed by atoms with Gasteiger partial charge in [0.2, 0.25) is 11.7 Å². The van der Waals surface area contributed by atoms with Gasteiger partial charge in [0.25, 0.3) is 0 Å². The number of benzene rings is 1. The number of hydrogen-bond acceptors (Lipinski definition) is 3. The lowest BCUT2D eigenvalue weighted by atomic mass is 10.0. The molecule has 0 radical (unpaired) electrons. The Kier molecular flexibility index (Phi) is 3.32. The Labute approximate surface area is 102 Å². The third-order valence-electron chi connectivity index (χ3n) is 2.38. The van der Waals surface area contributed by atoms with Gasteiger partial charge in [0.05, 0.1) is 18.2 Å². The summed E-state index contributed by atoms with van der Waals surface area (Å²) in [4.78, 5) is 15.9. The Bertz CT molecular complexity index is 599. The summed E-state index contributed by atoms with van der Waals surface area (Å²) in [6, 6.07) is 5.79. The first kappa shape index (κ1) is 12.2. The molecule has 1 aromatic heterocycles. The Hall–Kier alpha value is -2.30. The van der Waals surface area contributed by atoms with Gasteiger partial charge in [-0.15, -0.1) is 0 Å². The van der Waals surface area contributed by atoms with Crippen molar-refractivity contribution < 1.29 is 18.3 Å². The molecular weight excluding hydrogens is 240 g/mol. The molecule has 0 unspecified atom stereocenters. The van der Waals surface area contributed by atoms with Crippen LogP contribution in [0, 0.1) is 11.6 Å². The van der Waals surface area contributed by atoms with Gasteiger partial charge in [0.15, 0.2) is 0 Å². The smallest absolute Gasteiger partial charge is 0.224 e. The highest BCUT2D eigenvalue weighted by Crippen LogP contribution is 2.20. The molecule has 0 aliphatic heterocycles. The molecule has 0 aliphatic carbocycles.